The minimum absolute atomic E-state index is 0.333. The highest BCUT2D eigenvalue weighted by molar-refractivity contribution is 7.80. The van der Waals surface area contributed by atoms with Crippen molar-refractivity contribution in [3.63, 3.8) is 0 Å². The maximum atomic E-state index is 5.62. The quantitative estimate of drug-likeness (QED) is 0.575. The average molecular weight is 276 g/mol. The van der Waals surface area contributed by atoms with Gasteiger partial charge in [0.05, 0.1) is 12.7 Å². The van der Waals surface area contributed by atoms with Gasteiger partial charge in [0.25, 0.3) is 0 Å². The fourth-order valence-electron chi connectivity index (χ4n) is 2.65. The van der Waals surface area contributed by atoms with Crippen molar-refractivity contribution in [2.75, 3.05) is 32.5 Å². The first-order chi connectivity index (χ1) is 8.49. The van der Waals surface area contributed by atoms with Crippen molar-refractivity contribution in [1.29, 1.82) is 0 Å². The van der Waals surface area contributed by atoms with Crippen LogP contribution in [0.15, 0.2) is 0 Å². The van der Waals surface area contributed by atoms with E-state index in [-0.39, 0.29) is 0 Å². The van der Waals surface area contributed by atoms with E-state index in [1.54, 1.807) is 0 Å². The second-order valence-corrected chi connectivity index (χ2v) is 6.13. The van der Waals surface area contributed by atoms with Crippen LogP contribution >= 0.6 is 12.6 Å². The summed E-state index contributed by atoms with van der Waals surface area (Å²) in [6.07, 6.45) is 5.38. The molecule has 0 heterocycles. The van der Waals surface area contributed by atoms with E-state index in [1.165, 1.54) is 25.7 Å². The predicted octanol–water partition coefficient (Wildman–Crippen LogP) is 3.86. The molecule has 2 nitrogen and oxygen atoms in total. The maximum Gasteiger partial charge on any atom is 0.0596 e. The van der Waals surface area contributed by atoms with Crippen LogP contribution in [0.4, 0.5) is 0 Å². The Morgan fingerprint density at radius 3 is 2.11 bits per heavy atom. The Morgan fingerprint density at radius 1 is 1.17 bits per heavy atom. The number of nitrogens with zero attached hydrogens (tertiary/aromatic N) is 1. The molecule has 0 fully saturated rings. The molecule has 0 aliphatic heterocycles. The average Bonchev–Trinajstić information content (AvgIpc) is 2.29. The second-order valence-electron chi connectivity index (χ2n) is 5.82. The highest BCUT2D eigenvalue weighted by Crippen LogP contribution is 2.32. The minimum Gasteiger partial charge on any atom is -0.377 e. The summed E-state index contributed by atoms with van der Waals surface area (Å²) in [7, 11) is 2.20. The van der Waals surface area contributed by atoms with Gasteiger partial charge in [0.1, 0.15) is 0 Å². The summed E-state index contributed by atoms with van der Waals surface area (Å²) < 4.78 is 5.62. The predicted molar refractivity (Wildman–Crippen MR) is 84.7 cm³/mol. The van der Waals surface area contributed by atoms with Crippen LogP contribution in [0.5, 0.6) is 0 Å². The van der Waals surface area contributed by atoms with E-state index in [1.807, 2.05) is 0 Å². The van der Waals surface area contributed by atoms with Crippen LogP contribution in [0.25, 0.3) is 0 Å². The molecule has 0 N–H and O–H groups in total. The van der Waals surface area contributed by atoms with E-state index >= 15 is 0 Å². The number of likely N-dealkylation sites (N-methyl/N-ethyl adjacent to an activating group) is 1. The van der Waals surface area contributed by atoms with E-state index in [2.05, 4.69) is 52.3 Å². The Morgan fingerprint density at radius 2 is 1.72 bits per heavy atom. The summed E-state index contributed by atoms with van der Waals surface area (Å²) in [4.78, 5) is 2.41. The molecule has 0 amide bonds. The van der Waals surface area contributed by atoms with Gasteiger partial charge in [-0.1, -0.05) is 26.7 Å². The largest absolute Gasteiger partial charge is 0.377 e. The lowest BCUT2D eigenvalue weighted by atomic mass is 9.80. The van der Waals surface area contributed by atoms with Gasteiger partial charge in [-0.3, -0.25) is 0 Å². The molecular weight excluding hydrogens is 242 g/mol. The number of hydrogen-bond donors (Lipinski definition) is 1. The normalized spacial score (nSPS) is 12.7. The molecule has 0 aromatic heterocycles. The third-order valence-electron chi connectivity index (χ3n) is 3.43. The monoisotopic (exact) mass is 275 g/mol. The third-order valence-corrected chi connectivity index (χ3v) is 4.10. The first-order valence-electron chi connectivity index (χ1n) is 7.40. The molecule has 0 saturated heterocycles. The van der Waals surface area contributed by atoms with E-state index in [9.17, 15) is 0 Å². The minimum atomic E-state index is 0.333. The Hall–Kier alpha value is 0.270. The molecule has 18 heavy (non-hydrogen) atoms. The van der Waals surface area contributed by atoms with E-state index < -0.39 is 0 Å². The van der Waals surface area contributed by atoms with Crippen LogP contribution in [0.1, 0.15) is 53.4 Å². The summed E-state index contributed by atoms with van der Waals surface area (Å²) in [5, 5.41) is 0. The molecule has 0 spiro atoms. The van der Waals surface area contributed by atoms with Crippen molar-refractivity contribution >= 4 is 12.6 Å². The van der Waals surface area contributed by atoms with Gasteiger partial charge >= 0.3 is 0 Å². The van der Waals surface area contributed by atoms with Crippen LogP contribution < -0.4 is 0 Å². The summed E-state index contributed by atoms with van der Waals surface area (Å²) in [6, 6.07) is 0. The van der Waals surface area contributed by atoms with Crippen molar-refractivity contribution in [3.05, 3.63) is 0 Å². The topological polar surface area (TPSA) is 12.5 Å². The lowest BCUT2D eigenvalue weighted by Crippen LogP contribution is -2.38. The lowest BCUT2D eigenvalue weighted by molar-refractivity contribution is 0.0542. The lowest BCUT2D eigenvalue weighted by Gasteiger charge is -2.36. The van der Waals surface area contributed by atoms with Gasteiger partial charge in [-0.25, -0.2) is 0 Å². The highest BCUT2D eigenvalue weighted by atomic mass is 32.1. The molecule has 0 atom stereocenters. The zero-order valence-corrected chi connectivity index (χ0v) is 13.9. The number of hydrogen-bond acceptors (Lipinski definition) is 3. The summed E-state index contributed by atoms with van der Waals surface area (Å²) in [6.45, 7) is 11.7. The van der Waals surface area contributed by atoms with Gasteiger partial charge in [-0.05, 0) is 44.9 Å². The van der Waals surface area contributed by atoms with Gasteiger partial charge < -0.3 is 9.64 Å². The summed E-state index contributed by atoms with van der Waals surface area (Å²) in [5.74, 6) is 0.990. The number of thiol groups is 1. The van der Waals surface area contributed by atoms with E-state index in [0.29, 0.717) is 11.5 Å². The molecule has 0 aliphatic rings. The number of rotatable bonds is 11. The van der Waals surface area contributed by atoms with Crippen LogP contribution in [-0.4, -0.2) is 43.5 Å². The van der Waals surface area contributed by atoms with Gasteiger partial charge in [-0.15, -0.1) is 0 Å². The highest BCUT2D eigenvalue weighted by Gasteiger charge is 2.28. The van der Waals surface area contributed by atoms with Crippen LogP contribution in [0.3, 0.4) is 0 Å². The fraction of sp³-hybridized carbons (Fsp3) is 1.00. The fourth-order valence-corrected chi connectivity index (χ4v) is 3.06. The van der Waals surface area contributed by atoms with Crippen LogP contribution in [0.2, 0.25) is 0 Å². The molecule has 0 unspecified atom stereocenters. The van der Waals surface area contributed by atoms with Crippen molar-refractivity contribution < 1.29 is 4.74 Å². The first kappa shape index (κ1) is 18.3. The van der Waals surface area contributed by atoms with Gasteiger partial charge in [0.15, 0.2) is 0 Å². The standard InChI is InChI=1S/C15H33NOS/c1-6-8-15(13-18,9-7-2)12-16(5)10-11-17-14(3)4/h14,18H,6-13H2,1-5H3. The van der Waals surface area contributed by atoms with E-state index in [0.717, 1.165) is 25.4 Å². The van der Waals surface area contributed by atoms with Gasteiger partial charge in [0.2, 0.25) is 0 Å². The molecule has 0 aromatic carbocycles. The zero-order valence-electron chi connectivity index (χ0n) is 13.0. The maximum absolute atomic E-state index is 5.62. The van der Waals surface area contributed by atoms with Crippen molar-refractivity contribution in [1.82, 2.24) is 4.90 Å². The van der Waals surface area contributed by atoms with Crippen molar-refractivity contribution in [3.8, 4) is 0 Å². The molecule has 0 saturated carbocycles. The Bertz CT molecular complexity index is 191. The van der Waals surface area contributed by atoms with E-state index in [4.69, 9.17) is 4.74 Å². The molecule has 0 aromatic rings. The molecule has 110 valence electrons. The molecule has 0 rings (SSSR count). The third kappa shape index (κ3) is 7.65. The van der Waals surface area contributed by atoms with Crippen molar-refractivity contribution in [2.45, 2.75) is 59.5 Å². The summed E-state index contributed by atoms with van der Waals surface area (Å²) in [5.41, 5.74) is 0.388. The molecular formula is C15H33NOS. The summed E-state index contributed by atoms with van der Waals surface area (Å²) >= 11 is 4.61. The van der Waals surface area contributed by atoms with Crippen molar-refractivity contribution in [2.24, 2.45) is 5.41 Å². The first-order valence-corrected chi connectivity index (χ1v) is 8.04. The van der Waals surface area contributed by atoms with Crippen LogP contribution in [-0.2, 0) is 4.74 Å². The number of ether oxygens (including phenoxy) is 1. The Kier molecular flexibility index (Phi) is 10.3. The van der Waals surface area contributed by atoms with Gasteiger partial charge in [0, 0.05) is 13.1 Å². The SMILES string of the molecule is CCCC(CS)(CCC)CN(C)CCOC(C)C. The Labute approximate surface area is 120 Å². The Balaban J connectivity index is 4.20. The zero-order chi connectivity index (χ0) is 14.0. The van der Waals surface area contributed by atoms with Gasteiger partial charge in [-0.2, -0.15) is 12.6 Å². The molecule has 0 radical (unpaired) electrons. The van der Waals surface area contributed by atoms with Crippen LogP contribution in [0, 0.1) is 5.41 Å². The second kappa shape index (κ2) is 10.1. The smallest absolute Gasteiger partial charge is 0.0596 e. The molecule has 3 heteroatoms. The molecule has 0 aliphatic carbocycles. The molecule has 0 bridgehead atoms.